The molecule has 0 amide bonds. The number of carboxylic acids is 1. The second kappa shape index (κ2) is 9.02. The predicted molar refractivity (Wildman–Crippen MR) is 140 cm³/mol. The molecule has 7 heteroatoms. The van der Waals surface area contributed by atoms with E-state index in [1.54, 1.807) is 6.92 Å². The van der Waals surface area contributed by atoms with Crippen LogP contribution in [0.15, 0.2) is 11.6 Å². The van der Waals surface area contributed by atoms with Crippen molar-refractivity contribution in [3.05, 3.63) is 11.6 Å². The van der Waals surface area contributed by atoms with Crippen molar-refractivity contribution < 1.29 is 35.4 Å². The van der Waals surface area contributed by atoms with Gasteiger partial charge in [0, 0.05) is 17.3 Å². The van der Waals surface area contributed by atoms with Crippen LogP contribution in [0.25, 0.3) is 0 Å². The zero-order valence-electron chi connectivity index (χ0n) is 23.6. The van der Waals surface area contributed by atoms with Gasteiger partial charge in [-0.15, -0.1) is 0 Å². The van der Waals surface area contributed by atoms with Crippen LogP contribution in [0.5, 0.6) is 0 Å². The molecule has 0 saturated heterocycles. The SMILES string of the molecule is C[C@]1(CO)C[C@H]2C3=CC[C@@H]4[C@@](C)(CCC(=O)O)[C@H]([C@](C)(O)CO)CC[C@@]4(C)[C@]3(C)CC[C@@]2(C)[C@H](O)[C@@H]1O. The van der Waals surface area contributed by atoms with Gasteiger partial charge in [0.1, 0.15) is 0 Å². The molecule has 0 radical (unpaired) electrons. The Balaban J connectivity index is 1.82. The van der Waals surface area contributed by atoms with E-state index in [4.69, 9.17) is 0 Å². The quantitative estimate of drug-likeness (QED) is 0.294. The van der Waals surface area contributed by atoms with Crippen molar-refractivity contribution in [2.45, 2.75) is 111 Å². The Labute approximate surface area is 222 Å². The number of rotatable bonds is 6. The largest absolute Gasteiger partial charge is 0.481 e. The van der Waals surface area contributed by atoms with E-state index in [0.29, 0.717) is 19.3 Å². The first-order valence-corrected chi connectivity index (χ1v) is 14.2. The monoisotopic (exact) mass is 522 g/mol. The van der Waals surface area contributed by atoms with Gasteiger partial charge in [0.05, 0.1) is 31.0 Å². The fourth-order valence-corrected chi connectivity index (χ4v) is 9.95. The summed E-state index contributed by atoms with van der Waals surface area (Å²) >= 11 is 0. The number of aliphatic hydroxyl groups is 5. The molecule has 0 aromatic carbocycles. The Morgan fingerprint density at radius 1 is 1.05 bits per heavy atom. The molecule has 0 spiro atoms. The molecule has 0 bridgehead atoms. The van der Waals surface area contributed by atoms with Crippen LogP contribution in [0.4, 0.5) is 0 Å². The number of carbonyl (C=O) groups is 1. The summed E-state index contributed by atoms with van der Waals surface area (Å²) in [5.74, 6) is -0.916. The van der Waals surface area contributed by atoms with E-state index in [0.717, 1.165) is 25.7 Å². The molecule has 3 saturated carbocycles. The number of hydrogen-bond acceptors (Lipinski definition) is 6. The third-order valence-corrected chi connectivity index (χ3v) is 12.8. The van der Waals surface area contributed by atoms with E-state index in [2.05, 4.69) is 33.8 Å². The molecule has 4 aliphatic rings. The van der Waals surface area contributed by atoms with Crippen molar-refractivity contribution >= 4 is 5.97 Å². The number of allylic oxidation sites excluding steroid dienone is 2. The van der Waals surface area contributed by atoms with Crippen molar-refractivity contribution in [2.75, 3.05) is 13.2 Å². The zero-order chi connectivity index (χ0) is 27.8. The molecule has 7 nitrogen and oxygen atoms in total. The molecule has 0 aromatic rings. The molecule has 0 aromatic heterocycles. The Bertz CT molecular complexity index is 946. The minimum atomic E-state index is -1.29. The molecule has 0 heterocycles. The van der Waals surface area contributed by atoms with E-state index in [9.17, 15) is 35.4 Å². The Hall–Kier alpha value is -0.990. The van der Waals surface area contributed by atoms with E-state index in [-0.39, 0.29) is 48.2 Å². The number of fused-ring (bicyclic) bond motifs is 5. The number of carboxylic acid groups (broad SMARTS) is 1. The second-order valence-corrected chi connectivity index (χ2v) is 14.7. The van der Waals surface area contributed by atoms with Crippen LogP contribution < -0.4 is 0 Å². The third kappa shape index (κ3) is 3.89. The maximum Gasteiger partial charge on any atom is 0.303 e. The summed E-state index contributed by atoms with van der Waals surface area (Å²) in [6.07, 6.45) is 5.43. The van der Waals surface area contributed by atoms with Crippen molar-refractivity contribution in [3.8, 4) is 0 Å². The summed E-state index contributed by atoms with van der Waals surface area (Å²) in [4.78, 5) is 11.7. The van der Waals surface area contributed by atoms with Crippen LogP contribution in [0.2, 0.25) is 0 Å². The maximum atomic E-state index is 11.7. The molecule has 0 aliphatic heterocycles. The normalized spacial score (nSPS) is 51.2. The Morgan fingerprint density at radius 3 is 2.27 bits per heavy atom. The van der Waals surface area contributed by atoms with E-state index < -0.39 is 40.0 Å². The summed E-state index contributed by atoms with van der Waals surface area (Å²) in [6.45, 7) is 11.9. The standard InChI is InChI=1S/C30H50O7/c1-25(16-31)15-19-18-7-8-20-27(3,11-10-22(33)34)21(30(6,37)17-32)9-12-29(20,5)28(18,4)14-13-26(19,2)24(36)23(25)35/h7,19-21,23-24,31-32,35-37H,8-17H2,1-6H3,(H,33,34)/t19-,20+,21+,23-,24+,25+,26+,27+,28+,29+,30+/m0/s1. The number of hydrogen-bond donors (Lipinski definition) is 6. The second-order valence-electron chi connectivity index (χ2n) is 14.7. The van der Waals surface area contributed by atoms with E-state index in [1.807, 2.05) is 6.92 Å². The molecule has 3 fully saturated rings. The van der Waals surface area contributed by atoms with Gasteiger partial charge in [-0.2, -0.15) is 0 Å². The Kier molecular flexibility index (Phi) is 7.07. The lowest BCUT2D eigenvalue weighted by molar-refractivity contribution is -0.219. The van der Waals surface area contributed by atoms with E-state index >= 15 is 0 Å². The Morgan fingerprint density at radius 2 is 1.70 bits per heavy atom. The van der Waals surface area contributed by atoms with Gasteiger partial charge in [0.15, 0.2) is 0 Å². The minimum Gasteiger partial charge on any atom is -0.481 e. The average Bonchev–Trinajstić information content (AvgIpc) is 2.83. The number of aliphatic carboxylic acids is 1. The highest BCUT2D eigenvalue weighted by Gasteiger charge is 2.68. The molecular weight excluding hydrogens is 472 g/mol. The van der Waals surface area contributed by atoms with Crippen molar-refractivity contribution in [3.63, 3.8) is 0 Å². The summed E-state index contributed by atoms with van der Waals surface area (Å²) in [5, 5.41) is 63.5. The van der Waals surface area contributed by atoms with Crippen LogP contribution in [-0.4, -0.2) is 67.6 Å². The molecule has 4 aliphatic carbocycles. The van der Waals surface area contributed by atoms with Crippen LogP contribution >= 0.6 is 0 Å². The van der Waals surface area contributed by atoms with Gasteiger partial charge in [-0.25, -0.2) is 0 Å². The highest BCUT2D eigenvalue weighted by Crippen LogP contribution is 2.74. The van der Waals surface area contributed by atoms with Gasteiger partial charge in [-0.05, 0) is 85.9 Å². The highest BCUT2D eigenvalue weighted by atomic mass is 16.4. The summed E-state index contributed by atoms with van der Waals surface area (Å²) < 4.78 is 0. The molecule has 6 N–H and O–H groups in total. The first-order valence-electron chi connectivity index (χ1n) is 14.2. The van der Waals surface area contributed by atoms with Gasteiger partial charge >= 0.3 is 5.97 Å². The zero-order valence-corrected chi connectivity index (χ0v) is 23.6. The summed E-state index contributed by atoms with van der Waals surface area (Å²) in [6, 6.07) is 0. The van der Waals surface area contributed by atoms with Crippen molar-refractivity contribution in [1.82, 2.24) is 0 Å². The molecular formula is C30H50O7. The smallest absolute Gasteiger partial charge is 0.303 e. The topological polar surface area (TPSA) is 138 Å². The van der Waals surface area contributed by atoms with Gasteiger partial charge in [0.25, 0.3) is 0 Å². The molecule has 0 unspecified atom stereocenters. The first kappa shape index (κ1) is 29.0. The van der Waals surface area contributed by atoms with Crippen LogP contribution in [0, 0.1) is 44.8 Å². The lowest BCUT2D eigenvalue weighted by Gasteiger charge is -2.70. The van der Waals surface area contributed by atoms with Gasteiger partial charge < -0.3 is 30.6 Å². The van der Waals surface area contributed by atoms with Crippen LogP contribution in [-0.2, 0) is 4.79 Å². The van der Waals surface area contributed by atoms with Gasteiger partial charge in [-0.3, -0.25) is 4.79 Å². The van der Waals surface area contributed by atoms with E-state index in [1.165, 1.54) is 5.57 Å². The highest BCUT2D eigenvalue weighted by molar-refractivity contribution is 5.66. The molecule has 37 heavy (non-hydrogen) atoms. The lowest BCUT2D eigenvalue weighted by Crippen LogP contribution is -2.67. The average molecular weight is 523 g/mol. The molecule has 11 atom stereocenters. The molecule has 212 valence electrons. The summed E-state index contributed by atoms with van der Waals surface area (Å²) in [7, 11) is 0. The maximum absolute atomic E-state index is 11.7. The molecule has 4 rings (SSSR count). The first-order chi connectivity index (χ1) is 17.0. The van der Waals surface area contributed by atoms with Gasteiger partial charge in [0.2, 0.25) is 0 Å². The number of aliphatic hydroxyl groups excluding tert-OH is 4. The lowest BCUT2D eigenvalue weighted by atomic mass is 9.35. The summed E-state index contributed by atoms with van der Waals surface area (Å²) in [5.41, 5.74) is -2.08. The fourth-order valence-electron chi connectivity index (χ4n) is 9.95. The third-order valence-electron chi connectivity index (χ3n) is 12.8. The fraction of sp³-hybridized carbons (Fsp3) is 0.900. The minimum absolute atomic E-state index is 0.0218. The predicted octanol–water partition coefficient (Wildman–Crippen LogP) is 3.51. The van der Waals surface area contributed by atoms with Crippen molar-refractivity contribution in [1.29, 1.82) is 0 Å². The van der Waals surface area contributed by atoms with Crippen molar-refractivity contribution in [2.24, 2.45) is 44.8 Å². The van der Waals surface area contributed by atoms with Crippen LogP contribution in [0.3, 0.4) is 0 Å². The van der Waals surface area contributed by atoms with Gasteiger partial charge in [-0.1, -0.05) is 46.3 Å². The van der Waals surface area contributed by atoms with Crippen LogP contribution in [0.1, 0.15) is 92.9 Å².